The van der Waals surface area contributed by atoms with Crippen LogP contribution in [0.25, 0.3) is 0 Å². The largest absolute Gasteiger partial charge is 0.412 e. The first-order valence-electron chi connectivity index (χ1n) is 7.06. The number of ether oxygens (including phenoxy) is 1. The molecular formula is C17H21N2O2+. The minimum absolute atomic E-state index is 0.0300. The Morgan fingerprint density at radius 2 is 2.00 bits per heavy atom. The predicted molar refractivity (Wildman–Crippen MR) is 80.6 cm³/mol. The Morgan fingerprint density at radius 3 is 2.71 bits per heavy atom. The summed E-state index contributed by atoms with van der Waals surface area (Å²) in [6.07, 6.45) is 4.19. The number of amides is 1. The lowest BCUT2D eigenvalue weighted by Gasteiger charge is -2.13. The number of carbonyl (C=O) groups is 1. The van der Waals surface area contributed by atoms with Gasteiger partial charge in [-0.2, -0.15) is 4.57 Å². The van der Waals surface area contributed by atoms with E-state index >= 15 is 0 Å². The number of alkyl carbamates (subject to hydrolysis) is 1. The molecule has 1 heterocycles. The van der Waals surface area contributed by atoms with Gasteiger partial charge in [-0.15, -0.1) is 0 Å². The lowest BCUT2D eigenvalue weighted by atomic mass is 10.1. The zero-order valence-electron chi connectivity index (χ0n) is 12.5. The third kappa shape index (κ3) is 5.26. The molecule has 0 unspecified atom stereocenters. The van der Waals surface area contributed by atoms with Gasteiger partial charge in [0.1, 0.15) is 0 Å². The molecule has 0 aliphatic carbocycles. The molecule has 0 bridgehead atoms. The standard InChI is InChI=1S/C17H20N2O2/c1-14-7-6-10-19(12-14)13-21-17(20)18-15(2)11-16-8-4-3-5-9-16/h3-10,12,15H,11,13H2,1-2H3/p+1/t15-/m0/s1. The number of nitrogens with zero attached hydrogens (tertiary/aromatic N) is 1. The van der Waals surface area contributed by atoms with Crippen LogP contribution in [-0.2, 0) is 17.9 Å². The van der Waals surface area contributed by atoms with E-state index in [4.69, 9.17) is 4.74 Å². The van der Waals surface area contributed by atoms with Crippen LogP contribution in [0.4, 0.5) is 4.79 Å². The summed E-state index contributed by atoms with van der Waals surface area (Å²) >= 11 is 0. The van der Waals surface area contributed by atoms with Crippen LogP contribution in [0.3, 0.4) is 0 Å². The number of rotatable bonds is 5. The van der Waals surface area contributed by atoms with Gasteiger partial charge < -0.3 is 10.1 Å². The van der Waals surface area contributed by atoms with Gasteiger partial charge in [0.15, 0.2) is 12.4 Å². The van der Waals surface area contributed by atoms with Crippen molar-refractivity contribution in [2.75, 3.05) is 0 Å². The lowest BCUT2D eigenvalue weighted by Crippen LogP contribution is -2.40. The Balaban J connectivity index is 1.76. The van der Waals surface area contributed by atoms with Crippen molar-refractivity contribution in [2.24, 2.45) is 0 Å². The van der Waals surface area contributed by atoms with Crippen molar-refractivity contribution in [3.8, 4) is 0 Å². The Hall–Kier alpha value is -2.36. The zero-order valence-corrected chi connectivity index (χ0v) is 12.5. The van der Waals surface area contributed by atoms with Crippen LogP contribution in [0.5, 0.6) is 0 Å². The second-order valence-corrected chi connectivity index (χ2v) is 5.19. The van der Waals surface area contributed by atoms with E-state index in [1.807, 2.05) is 73.3 Å². The minimum atomic E-state index is -0.396. The molecule has 0 aliphatic rings. The third-order valence-corrected chi connectivity index (χ3v) is 3.10. The summed E-state index contributed by atoms with van der Waals surface area (Å²) in [4.78, 5) is 11.8. The molecule has 0 saturated heterocycles. The van der Waals surface area contributed by atoms with Crippen molar-refractivity contribution in [3.05, 3.63) is 66.0 Å². The number of aryl methyl sites for hydroxylation is 1. The second kappa shape index (κ2) is 7.43. The fourth-order valence-corrected chi connectivity index (χ4v) is 2.13. The molecule has 0 radical (unpaired) electrons. The fourth-order valence-electron chi connectivity index (χ4n) is 2.13. The van der Waals surface area contributed by atoms with Crippen molar-refractivity contribution >= 4 is 6.09 Å². The maximum Gasteiger partial charge on any atom is 0.412 e. The highest BCUT2D eigenvalue weighted by Gasteiger charge is 2.11. The van der Waals surface area contributed by atoms with Gasteiger partial charge in [0.2, 0.25) is 0 Å². The van der Waals surface area contributed by atoms with Gasteiger partial charge in [0.25, 0.3) is 6.73 Å². The number of pyridine rings is 1. The molecule has 4 nitrogen and oxygen atoms in total. The van der Waals surface area contributed by atoms with Crippen LogP contribution < -0.4 is 9.88 Å². The topological polar surface area (TPSA) is 42.2 Å². The quantitative estimate of drug-likeness (QED) is 0.858. The van der Waals surface area contributed by atoms with Gasteiger partial charge in [-0.05, 0) is 31.9 Å². The van der Waals surface area contributed by atoms with Crippen LogP contribution in [-0.4, -0.2) is 12.1 Å². The van der Waals surface area contributed by atoms with Crippen molar-refractivity contribution in [1.82, 2.24) is 5.32 Å². The Kier molecular flexibility index (Phi) is 5.32. The summed E-state index contributed by atoms with van der Waals surface area (Å²) in [6, 6.07) is 14.0. The number of aromatic nitrogens is 1. The molecule has 4 heteroatoms. The summed E-state index contributed by atoms with van der Waals surface area (Å²) in [7, 11) is 0. The molecule has 1 N–H and O–H groups in total. The van der Waals surface area contributed by atoms with E-state index in [-0.39, 0.29) is 12.8 Å². The normalized spacial score (nSPS) is 11.7. The highest BCUT2D eigenvalue weighted by molar-refractivity contribution is 5.67. The van der Waals surface area contributed by atoms with E-state index in [1.54, 1.807) is 0 Å². The Morgan fingerprint density at radius 1 is 1.24 bits per heavy atom. The Labute approximate surface area is 125 Å². The molecule has 1 atom stereocenters. The molecular weight excluding hydrogens is 264 g/mol. The van der Waals surface area contributed by atoms with Gasteiger partial charge in [0.05, 0.1) is 0 Å². The predicted octanol–water partition coefficient (Wildman–Crippen LogP) is 2.60. The molecule has 2 aromatic rings. The van der Waals surface area contributed by atoms with Crippen LogP contribution in [0, 0.1) is 6.92 Å². The van der Waals surface area contributed by atoms with Crippen LogP contribution in [0.2, 0.25) is 0 Å². The van der Waals surface area contributed by atoms with Gasteiger partial charge in [-0.25, -0.2) is 4.79 Å². The van der Waals surface area contributed by atoms with Gasteiger partial charge in [-0.1, -0.05) is 30.3 Å². The molecule has 1 aromatic carbocycles. The number of nitrogens with one attached hydrogen (secondary N) is 1. The fraction of sp³-hybridized carbons (Fsp3) is 0.294. The van der Waals surface area contributed by atoms with Crippen molar-refractivity contribution < 1.29 is 14.1 Å². The van der Waals surface area contributed by atoms with E-state index in [0.717, 1.165) is 12.0 Å². The van der Waals surface area contributed by atoms with Gasteiger partial charge in [-0.3, -0.25) is 0 Å². The van der Waals surface area contributed by atoms with Crippen molar-refractivity contribution in [3.63, 3.8) is 0 Å². The van der Waals surface area contributed by atoms with E-state index in [1.165, 1.54) is 5.56 Å². The molecule has 0 saturated carbocycles. The monoisotopic (exact) mass is 285 g/mol. The molecule has 0 aliphatic heterocycles. The average Bonchev–Trinajstić information content (AvgIpc) is 2.46. The minimum Gasteiger partial charge on any atom is -0.388 e. The van der Waals surface area contributed by atoms with E-state index in [2.05, 4.69) is 5.32 Å². The molecule has 110 valence electrons. The molecule has 21 heavy (non-hydrogen) atoms. The molecule has 0 spiro atoms. The van der Waals surface area contributed by atoms with Gasteiger partial charge in [0, 0.05) is 17.7 Å². The highest BCUT2D eigenvalue weighted by atomic mass is 16.6. The average molecular weight is 285 g/mol. The van der Waals surface area contributed by atoms with Crippen LogP contribution in [0.1, 0.15) is 18.1 Å². The number of hydrogen-bond acceptors (Lipinski definition) is 2. The van der Waals surface area contributed by atoms with Crippen molar-refractivity contribution in [2.45, 2.75) is 33.0 Å². The zero-order chi connectivity index (χ0) is 15.1. The first-order chi connectivity index (χ1) is 10.1. The molecule has 1 amide bonds. The molecule has 1 aromatic heterocycles. The van der Waals surface area contributed by atoms with Crippen LogP contribution >= 0.6 is 0 Å². The number of carbonyl (C=O) groups excluding carboxylic acids is 1. The van der Waals surface area contributed by atoms with Crippen molar-refractivity contribution in [1.29, 1.82) is 0 Å². The maximum atomic E-state index is 11.8. The van der Waals surface area contributed by atoms with Gasteiger partial charge >= 0.3 is 6.09 Å². The smallest absolute Gasteiger partial charge is 0.388 e. The second-order valence-electron chi connectivity index (χ2n) is 5.19. The Bertz CT molecular complexity index is 584. The SMILES string of the molecule is Cc1ccc[n+](COC(=O)N[C@@H](C)Cc2ccccc2)c1. The number of benzene rings is 1. The first-order valence-corrected chi connectivity index (χ1v) is 7.06. The maximum absolute atomic E-state index is 11.8. The van der Waals surface area contributed by atoms with E-state index in [0.29, 0.717) is 0 Å². The summed E-state index contributed by atoms with van der Waals surface area (Å²) in [5.41, 5.74) is 2.32. The summed E-state index contributed by atoms with van der Waals surface area (Å²) < 4.78 is 7.03. The molecule has 2 rings (SSSR count). The highest BCUT2D eigenvalue weighted by Crippen LogP contribution is 2.02. The summed E-state index contributed by atoms with van der Waals surface area (Å²) in [5.74, 6) is 0. The van der Waals surface area contributed by atoms with E-state index in [9.17, 15) is 4.79 Å². The summed E-state index contributed by atoms with van der Waals surface area (Å²) in [6.45, 7) is 4.18. The molecule has 0 fully saturated rings. The number of hydrogen-bond donors (Lipinski definition) is 1. The lowest BCUT2D eigenvalue weighted by molar-refractivity contribution is -0.727. The summed E-state index contributed by atoms with van der Waals surface area (Å²) in [5, 5.41) is 2.84. The third-order valence-electron chi connectivity index (χ3n) is 3.10. The van der Waals surface area contributed by atoms with Crippen LogP contribution in [0.15, 0.2) is 54.9 Å². The first kappa shape index (κ1) is 15.0. The van der Waals surface area contributed by atoms with E-state index < -0.39 is 6.09 Å².